The van der Waals surface area contributed by atoms with Crippen LogP contribution in [-0.2, 0) is 33.5 Å². The maximum atomic E-state index is 2.74. The smallest absolute Gasteiger partial charge is 0.264 e. The number of hydrogen-bond acceptors (Lipinski definition) is 4. The molecule has 0 amide bonds. The Morgan fingerprint density at radius 1 is 0.609 bits per heavy atom. The lowest BCUT2D eigenvalue weighted by molar-refractivity contribution is 0.332. The van der Waals surface area contributed by atoms with Crippen molar-refractivity contribution in [1.82, 2.24) is 0 Å². The number of fused-ring (bicyclic) bond motifs is 10. The lowest BCUT2D eigenvalue weighted by Crippen LogP contribution is -2.61. The summed E-state index contributed by atoms with van der Waals surface area (Å²) in [5.41, 5.74) is 21.1. The molecule has 2 aromatic heterocycles. The lowest BCUT2D eigenvalue weighted by atomic mass is 9.35. The van der Waals surface area contributed by atoms with Gasteiger partial charge in [0.25, 0.3) is 6.71 Å². The van der Waals surface area contributed by atoms with Gasteiger partial charge in [-0.1, -0.05) is 140 Å². The molecule has 0 unspecified atom stereocenters. The molecular formula is C64H73BN2S2. The maximum Gasteiger partial charge on any atom is 0.264 e. The van der Waals surface area contributed by atoms with Gasteiger partial charge >= 0.3 is 0 Å². The molecule has 0 saturated carbocycles. The van der Waals surface area contributed by atoms with Crippen LogP contribution in [0.4, 0.5) is 34.1 Å². The van der Waals surface area contributed by atoms with Crippen LogP contribution in [0.3, 0.4) is 0 Å². The van der Waals surface area contributed by atoms with Gasteiger partial charge in [0.1, 0.15) is 0 Å². The summed E-state index contributed by atoms with van der Waals surface area (Å²) in [7, 11) is 0. The van der Waals surface area contributed by atoms with Crippen molar-refractivity contribution in [3.05, 3.63) is 136 Å². The monoisotopic (exact) mass is 945 g/mol. The first-order chi connectivity index (χ1) is 32.5. The fraction of sp³-hybridized carbons (Fsp3) is 0.406. The van der Waals surface area contributed by atoms with Crippen LogP contribution in [0.2, 0.25) is 0 Å². The van der Waals surface area contributed by atoms with Crippen molar-refractivity contribution in [2.75, 3.05) is 9.80 Å². The molecule has 354 valence electrons. The van der Waals surface area contributed by atoms with E-state index in [0.717, 1.165) is 6.42 Å². The second-order valence-electron chi connectivity index (χ2n) is 25.2. The highest BCUT2D eigenvalue weighted by atomic mass is 32.1. The molecule has 0 saturated heterocycles. The van der Waals surface area contributed by atoms with Crippen molar-refractivity contribution in [1.29, 1.82) is 0 Å². The SMILES string of the molecule is CCCCC(C)(C)c1ccc(N2c3cc4c(cc3B3c5sc6ccc(C(C)(C)C)cc6c5N(c5cccc6sc7ccc(C(C)(C)C)cc7c56)c5cc(C)cc2c53)C(C)(C)CCC4(C)C)cc1CC. The minimum absolute atomic E-state index is 0.00456. The summed E-state index contributed by atoms with van der Waals surface area (Å²) >= 11 is 3.97. The normalized spacial score (nSPS) is 16.3. The highest BCUT2D eigenvalue weighted by Crippen LogP contribution is 2.54. The summed E-state index contributed by atoms with van der Waals surface area (Å²) in [5, 5.41) is 4.07. The van der Waals surface area contributed by atoms with Gasteiger partial charge in [0.2, 0.25) is 0 Å². The fourth-order valence-corrected chi connectivity index (χ4v) is 15.0. The van der Waals surface area contributed by atoms with E-state index in [-0.39, 0.29) is 33.8 Å². The highest BCUT2D eigenvalue weighted by molar-refractivity contribution is 7.33. The number of rotatable bonds is 7. The van der Waals surface area contributed by atoms with Crippen LogP contribution >= 0.6 is 22.7 Å². The third-order valence-electron chi connectivity index (χ3n) is 16.8. The minimum Gasteiger partial charge on any atom is -0.311 e. The van der Waals surface area contributed by atoms with E-state index in [0.29, 0.717) is 0 Å². The average molecular weight is 945 g/mol. The molecule has 5 heteroatoms. The highest BCUT2D eigenvalue weighted by Gasteiger charge is 2.48. The number of benzene rings is 6. The Labute approximate surface area is 422 Å². The summed E-state index contributed by atoms with van der Waals surface area (Å²) in [6, 6.07) is 39.7. The topological polar surface area (TPSA) is 6.48 Å². The Morgan fingerprint density at radius 2 is 1.23 bits per heavy atom. The van der Waals surface area contributed by atoms with E-state index in [1.54, 1.807) is 0 Å². The van der Waals surface area contributed by atoms with Crippen molar-refractivity contribution < 1.29 is 0 Å². The van der Waals surface area contributed by atoms with Gasteiger partial charge in [0.15, 0.2) is 0 Å². The minimum atomic E-state index is 0.00456. The molecule has 0 N–H and O–H groups in total. The molecule has 6 aromatic carbocycles. The van der Waals surface area contributed by atoms with E-state index in [1.807, 2.05) is 22.7 Å². The molecule has 0 fully saturated rings. The zero-order valence-corrected chi connectivity index (χ0v) is 45.9. The number of unbranched alkanes of at least 4 members (excludes halogenated alkanes) is 1. The van der Waals surface area contributed by atoms with E-state index >= 15 is 0 Å². The first-order valence-corrected chi connectivity index (χ1v) is 27.8. The summed E-state index contributed by atoms with van der Waals surface area (Å²) < 4.78 is 5.50. The maximum absolute atomic E-state index is 2.74. The van der Waals surface area contributed by atoms with Crippen LogP contribution in [0.1, 0.15) is 168 Å². The molecule has 69 heavy (non-hydrogen) atoms. The number of aryl methyl sites for hydroxylation is 2. The molecule has 8 aromatic rings. The van der Waals surface area contributed by atoms with Crippen molar-refractivity contribution >= 4 is 109 Å². The summed E-state index contributed by atoms with van der Waals surface area (Å²) in [4.78, 5) is 5.45. The van der Waals surface area contributed by atoms with Gasteiger partial charge < -0.3 is 9.80 Å². The molecule has 0 atom stereocenters. The van der Waals surface area contributed by atoms with Crippen molar-refractivity contribution in [2.24, 2.45) is 0 Å². The predicted octanol–water partition coefficient (Wildman–Crippen LogP) is 17.6. The number of thiophene rings is 2. The number of hydrogen-bond donors (Lipinski definition) is 0. The standard InChI is InChI=1S/C64H73BN2S2/c1-16-18-28-62(10,11)45-25-24-42(33-39(45)17-2)66-50-37-47-46(63(12,13)29-30-64(47,14)15)36-48(50)65-57-51(66)31-38(3)32-52(57)67(58-44-35-41(61(7,8)9)23-27-54(44)69-59(58)65)49-20-19-21-55-56(49)43-34-40(60(4,5)6)22-26-53(43)68-55/h19-27,31-37H,16-18,28-30H2,1-15H3. The molecule has 2 nitrogen and oxygen atoms in total. The van der Waals surface area contributed by atoms with Crippen LogP contribution in [0.5, 0.6) is 0 Å². The Kier molecular flexibility index (Phi) is 10.7. The Morgan fingerprint density at radius 3 is 1.87 bits per heavy atom. The zero-order valence-electron chi connectivity index (χ0n) is 44.3. The van der Waals surface area contributed by atoms with Crippen molar-refractivity contribution in [2.45, 2.75) is 169 Å². The third kappa shape index (κ3) is 7.28. The number of nitrogens with zero attached hydrogens (tertiary/aromatic N) is 2. The summed E-state index contributed by atoms with van der Waals surface area (Å²) in [5.74, 6) is 0. The molecule has 0 spiro atoms. The Balaban J connectivity index is 1.27. The molecule has 1 aliphatic carbocycles. The molecular weight excluding hydrogens is 872 g/mol. The summed E-state index contributed by atoms with van der Waals surface area (Å²) in [6.45, 7) is 36.1. The first-order valence-electron chi connectivity index (χ1n) is 26.1. The van der Waals surface area contributed by atoms with E-state index in [1.165, 1.54) is 151 Å². The van der Waals surface area contributed by atoms with Gasteiger partial charge in [-0.3, -0.25) is 0 Å². The van der Waals surface area contributed by atoms with Gasteiger partial charge in [-0.25, -0.2) is 0 Å². The predicted molar refractivity (Wildman–Crippen MR) is 308 cm³/mol. The van der Waals surface area contributed by atoms with E-state index < -0.39 is 0 Å². The van der Waals surface area contributed by atoms with Gasteiger partial charge in [-0.05, 0) is 176 Å². The van der Waals surface area contributed by atoms with E-state index in [4.69, 9.17) is 0 Å². The van der Waals surface area contributed by atoms with E-state index in [2.05, 4.69) is 211 Å². The zero-order chi connectivity index (χ0) is 48.9. The number of anilines is 6. The largest absolute Gasteiger partial charge is 0.311 e. The fourth-order valence-electron chi connectivity index (χ4n) is 12.6. The van der Waals surface area contributed by atoms with Crippen LogP contribution in [0, 0.1) is 6.92 Å². The first kappa shape index (κ1) is 46.5. The van der Waals surface area contributed by atoms with Gasteiger partial charge in [-0.15, -0.1) is 22.7 Å². The lowest BCUT2D eigenvalue weighted by Gasteiger charge is -2.47. The molecule has 0 bridgehead atoms. The van der Waals surface area contributed by atoms with Crippen molar-refractivity contribution in [3.8, 4) is 0 Å². The van der Waals surface area contributed by atoms with Crippen LogP contribution in [0.15, 0.2) is 97.1 Å². The van der Waals surface area contributed by atoms with Gasteiger partial charge in [0, 0.05) is 57.8 Å². The van der Waals surface area contributed by atoms with Gasteiger partial charge in [0.05, 0.1) is 11.4 Å². The van der Waals surface area contributed by atoms with Gasteiger partial charge in [-0.2, -0.15) is 0 Å². The molecule has 0 radical (unpaired) electrons. The third-order valence-corrected chi connectivity index (χ3v) is 19.2. The Bertz CT molecular complexity index is 3400. The van der Waals surface area contributed by atoms with Crippen LogP contribution in [0.25, 0.3) is 30.3 Å². The quantitative estimate of drug-likeness (QED) is 0.147. The van der Waals surface area contributed by atoms with Crippen LogP contribution < -0.4 is 25.5 Å². The molecule has 3 aliphatic rings. The van der Waals surface area contributed by atoms with Crippen molar-refractivity contribution in [3.63, 3.8) is 0 Å². The van der Waals surface area contributed by atoms with E-state index in [9.17, 15) is 0 Å². The summed E-state index contributed by atoms with van der Waals surface area (Å²) in [6.07, 6.45) is 7.03. The molecule has 2 aliphatic heterocycles. The molecule has 11 rings (SSSR count). The van der Waals surface area contributed by atoms with Crippen LogP contribution in [-0.4, -0.2) is 6.71 Å². The second kappa shape index (κ2) is 15.8. The second-order valence-corrected chi connectivity index (χ2v) is 27.4. The Hall–Kier alpha value is -4.84. The average Bonchev–Trinajstić information content (AvgIpc) is 3.87. The molecule has 4 heterocycles.